The molecule has 1 aliphatic heterocycles. The van der Waals surface area contributed by atoms with E-state index in [0.29, 0.717) is 36.3 Å². The maximum atomic E-state index is 12.3. The first-order chi connectivity index (χ1) is 15.5. The Morgan fingerprint density at radius 2 is 1.88 bits per heavy atom. The summed E-state index contributed by atoms with van der Waals surface area (Å²) in [7, 11) is 1.96. The first-order valence-corrected chi connectivity index (χ1v) is 10.9. The van der Waals surface area contributed by atoms with Gasteiger partial charge in [-0.1, -0.05) is 12.1 Å². The van der Waals surface area contributed by atoms with E-state index in [4.69, 9.17) is 10.5 Å². The van der Waals surface area contributed by atoms with E-state index in [-0.39, 0.29) is 17.6 Å². The van der Waals surface area contributed by atoms with Crippen molar-refractivity contribution >= 4 is 23.3 Å². The third kappa shape index (κ3) is 3.91. The van der Waals surface area contributed by atoms with Gasteiger partial charge in [-0.2, -0.15) is 0 Å². The molecule has 9 nitrogen and oxygen atoms in total. The zero-order chi connectivity index (χ0) is 22.2. The van der Waals surface area contributed by atoms with E-state index in [1.54, 1.807) is 24.5 Å². The summed E-state index contributed by atoms with van der Waals surface area (Å²) in [6.45, 7) is 1.39. The SMILES string of the molecule is CN(c1nc(C(N)=O)cn2c(-c3ccc(C(=O)NC4CC4)cc3)cnc12)C1CCOCC1. The van der Waals surface area contributed by atoms with Crippen LogP contribution in [0.5, 0.6) is 0 Å². The van der Waals surface area contributed by atoms with Crippen LogP contribution in [0.1, 0.15) is 46.5 Å². The van der Waals surface area contributed by atoms with E-state index < -0.39 is 5.91 Å². The monoisotopic (exact) mass is 434 g/mol. The number of ether oxygens (including phenoxy) is 1. The van der Waals surface area contributed by atoms with E-state index in [1.165, 1.54) is 0 Å². The summed E-state index contributed by atoms with van der Waals surface area (Å²) in [5, 5.41) is 2.99. The van der Waals surface area contributed by atoms with Crippen LogP contribution in [0, 0.1) is 0 Å². The van der Waals surface area contributed by atoms with Gasteiger partial charge in [0.15, 0.2) is 11.5 Å². The highest BCUT2D eigenvalue weighted by Gasteiger charge is 2.25. The van der Waals surface area contributed by atoms with Crippen molar-refractivity contribution in [3.63, 3.8) is 0 Å². The number of fused-ring (bicyclic) bond motifs is 1. The molecule has 0 radical (unpaired) electrons. The summed E-state index contributed by atoms with van der Waals surface area (Å²) in [4.78, 5) is 35.5. The molecule has 2 aromatic heterocycles. The molecule has 2 fully saturated rings. The molecule has 1 saturated carbocycles. The molecule has 166 valence electrons. The van der Waals surface area contributed by atoms with Gasteiger partial charge >= 0.3 is 0 Å². The maximum absolute atomic E-state index is 12.3. The quantitative estimate of drug-likeness (QED) is 0.613. The molecule has 0 unspecified atom stereocenters. The topological polar surface area (TPSA) is 115 Å². The lowest BCUT2D eigenvalue weighted by Crippen LogP contribution is -2.37. The average Bonchev–Trinajstić information content (AvgIpc) is 3.53. The number of amides is 2. The molecular weight excluding hydrogens is 408 g/mol. The smallest absolute Gasteiger partial charge is 0.268 e. The normalized spacial score (nSPS) is 16.8. The van der Waals surface area contributed by atoms with Gasteiger partial charge in [0.25, 0.3) is 11.8 Å². The summed E-state index contributed by atoms with van der Waals surface area (Å²) >= 11 is 0. The van der Waals surface area contributed by atoms with Crippen molar-refractivity contribution in [3.05, 3.63) is 47.9 Å². The van der Waals surface area contributed by atoms with E-state index >= 15 is 0 Å². The highest BCUT2D eigenvalue weighted by Crippen LogP contribution is 2.28. The Morgan fingerprint density at radius 3 is 2.53 bits per heavy atom. The zero-order valence-electron chi connectivity index (χ0n) is 18.0. The van der Waals surface area contributed by atoms with Crippen LogP contribution in [-0.2, 0) is 4.74 Å². The van der Waals surface area contributed by atoms with Crippen molar-refractivity contribution < 1.29 is 14.3 Å². The molecule has 2 aliphatic rings. The Balaban J connectivity index is 1.52. The number of aromatic nitrogens is 3. The second-order valence-electron chi connectivity index (χ2n) is 8.43. The average molecular weight is 435 g/mol. The van der Waals surface area contributed by atoms with Crippen molar-refractivity contribution in [2.24, 2.45) is 5.73 Å². The van der Waals surface area contributed by atoms with Gasteiger partial charge in [-0.25, -0.2) is 9.97 Å². The Labute approximate surface area is 185 Å². The number of anilines is 1. The standard InChI is InChI=1S/C23H26N6O3/c1-28(17-8-10-32-11-9-17)22-21-25-12-19(29(21)13-18(27-22)20(24)30)14-2-4-15(5-3-14)23(31)26-16-6-7-16/h2-5,12-13,16-17H,6-11H2,1H3,(H2,24,30)(H,26,31). The van der Waals surface area contributed by atoms with Crippen LogP contribution < -0.4 is 16.0 Å². The molecule has 3 aromatic rings. The van der Waals surface area contributed by atoms with Crippen LogP contribution in [0.3, 0.4) is 0 Å². The van der Waals surface area contributed by atoms with Gasteiger partial charge in [0, 0.05) is 49.7 Å². The largest absolute Gasteiger partial charge is 0.381 e. The van der Waals surface area contributed by atoms with Gasteiger partial charge in [-0.3, -0.25) is 14.0 Å². The number of carbonyl (C=O) groups excluding carboxylic acids is 2. The lowest BCUT2D eigenvalue weighted by Gasteiger charge is -2.32. The predicted molar refractivity (Wildman–Crippen MR) is 120 cm³/mol. The lowest BCUT2D eigenvalue weighted by atomic mass is 10.1. The number of benzene rings is 1. The first-order valence-electron chi connectivity index (χ1n) is 10.9. The zero-order valence-corrected chi connectivity index (χ0v) is 18.0. The van der Waals surface area contributed by atoms with Gasteiger partial charge in [0.1, 0.15) is 5.69 Å². The van der Waals surface area contributed by atoms with E-state index in [2.05, 4.69) is 20.2 Å². The molecule has 1 aliphatic carbocycles. The van der Waals surface area contributed by atoms with Crippen molar-refractivity contribution in [1.82, 2.24) is 19.7 Å². The minimum absolute atomic E-state index is 0.0576. The Hall–Kier alpha value is -3.46. The van der Waals surface area contributed by atoms with Crippen molar-refractivity contribution in [3.8, 4) is 11.3 Å². The van der Waals surface area contributed by atoms with E-state index in [1.807, 2.05) is 23.6 Å². The minimum Gasteiger partial charge on any atom is -0.381 e. The number of nitrogens with one attached hydrogen (secondary N) is 1. The summed E-state index contributed by atoms with van der Waals surface area (Å²) in [5.74, 6) is -0.0436. The number of hydrogen-bond acceptors (Lipinski definition) is 6. The Bertz CT molecular complexity index is 1160. The number of nitrogens with zero attached hydrogens (tertiary/aromatic N) is 4. The van der Waals surface area contributed by atoms with Gasteiger partial charge < -0.3 is 20.7 Å². The first kappa shape index (κ1) is 20.4. The van der Waals surface area contributed by atoms with Crippen LogP contribution in [-0.4, -0.2) is 58.5 Å². The molecule has 9 heteroatoms. The summed E-state index contributed by atoms with van der Waals surface area (Å²) in [6, 6.07) is 7.93. The highest BCUT2D eigenvalue weighted by molar-refractivity contribution is 5.95. The minimum atomic E-state index is -0.597. The molecular formula is C23H26N6O3. The van der Waals surface area contributed by atoms with Crippen LogP contribution in [0.25, 0.3) is 16.9 Å². The molecule has 32 heavy (non-hydrogen) atoms. The van der Waals surface area contributed by atoms with Gasteiger partial charge in [-0.05, 0) is 37.8 Å². The van der Waals surface area contributed by atoms with Gasteiger partial charge in [-0.15, -0.1) is 0 Å². The molecule has 0 atom stereocenters. The van der Waals surface area contributed by atoms with Gasteiger partial charge in [0.05, 0.1) is 11.9 Å². The fourth-order valence-corrected chi connectivity index (χ4v) is 4.08. The molecule has 0 bridgehead atoms. The molecule has 0 spiro atoms. The van der Waals surface area contributed by atoms with Crippen LogP contribution in [0.2, 0.25) is 0 Å². The highest BCUT2D eigenvalue weighted by atomic mass is 16.5. The maximum Gasteiger partial charge on any atom is 0.268 e. The van der Waals surface area contributed by atoms with Crippen LogP contribution in [0.4, 0.5) is 5.82 Å². The fourth-order valence-electron chi connectivity index (χ4n) is 4.08. The molecule has 5 rings (SSSR count). The summed E-state index contributed by atoms with van der Waals surface area (Å²) < 4.78 is 7.32. The Kier molecular flexibility index (Phi) is 5.26. The van der Waals surface area contributed by atoms with E-state index in [9.17, 15) is 9.59 Å². The Morgan fingerprint density at radius 1 is 1.16 bits per heavy atom. The third-order valence-corrected chi connectivity index (χ3v) is 6.16. The van der Waals surface area contributed by atoms with Crippen molar-refractivity contribution in [2.75, 3.05) is 25.2 Å². The number of rotatable bonds is 6. The van der Waals surface area contributed by atoms with Gasteiger partial charge in [0.2, 0.25) is 0 Å². The summed E-state index contributed by atoms with van der Waals surface area (Å²) in [6.07, 6.45) is 7.22. The second-order valence-corrected chi connectivity index (χ2v) is 8.43. The number of hydrogen-bond donors (Lipinski definition) is 2. The number of imidazole rings is 1. The summed E-state index contributed by atoms with van der Waals surface area (Å²) in [5.41, 5.74) is 8.70. The molecule has 3 N–H and O–H groups in total. The van der Waals surface area contributed by atoms with Crippen molar-refractivity contribution in [1.29, 1.82) is 0 Å². The third-order valence-electron chi connectivity index (χ3n) is 6.16. The predicted octanol–water partition coefficient (Wildman–Crippen LogP) is 2.00. The fraction of sp³-hybridized carbons (Fsp3) is 0.391. The number of carbonyl (C=O) groups is 2. The molecule has 3 heterocycles. The lowest BCUT2D eigenvalue weighted by molar-refractivity contribution is 0.0853. The number of primary amides is 1. The molecule has 1 saturated heterocycles. The molecule has 2 amide bonds. The van der Waals surface area contributed by atoms with Crippen LogP contribution >= 0.6 is 0 Å². The number of nitrogens with two attached hydrogens (primary N) is 1. The second kappa shape index (κ2) is 8.23. The molecule has 1 aromatic carbocycles. The van der Waals surface area contributed by atoms with Crippen LogP contribution in [0.15, 0.2) is 36.7 Å². The van der Waals surface area contributed by atoms with E-state index in [0.717, 1.165) is 36.9 Å². The van der Waals surface area contributed by atoms with Crippen molar-refractivity contribution in [2.45, 2.75) is 37.8 Å².